The number of nitrogens with zero attached hydrogens (tertiary/aromatic N) is 1. The molecule has 1 N–H and O–H groups in total. The van der Waals surface area contributed by atoms with Crippen molar-refractivity contribution in [3.63, 3.8) is 0 Å². The lowest BCUT2D eigenvalue weighted by atomic mass is 9.98. The van der Waals surface area contributed by atoms with Crippen LogP contribution in [0.1, 0.15) is 76.8 Å². The third kappa shape index (κ3) is 6.69. The van der Waals surface area contributed by atoms with Gasteiger partial charge in [0, 0.05) is 38.8 Å². The summed E-state index contributed by atoms with van der Waals surface area (Å²) < 4.78 is 7.91. The van der Waals surface area contributed by atoms with Gasteiger partial charge in [0.15, 0.2) is 0 Å². The zero-order valence-electron chi connectivity index (χ0n) is 25.8. The predicted octanol–water partition coefficient (Wildman–Crippen LogP) is 9.73. The summed E-state index contributed by atoms with van der Waals surface area (Å²) in [6.45, 7) is 12.4. The van der Waals surface area contributed by atoms with E-state index in [1.807, 2.05) is 82.3 Å². The summed E-state index contributed by atoms with van der Waals surface area (Å²) in [6, 6.07) is 26.6. The number of aryl methyl sites for hydroxylation is 1. The second kappa shape index (κ2) is 12.5. The van der Waals surface area contributed by atoms with Crippen LogP contribution in [-0.4, -0.2) is 22.0 Å². The topological polar surface area (TPSA) is 60.3 Å². The Bertz CT molecular complexity index is 1870. The fourth-order valence-electron chi connectivity index (χ4n) is 5.42. The molecule has 1 unspecified atom stereocenters. The molecule has 1 atom stereocenters. The molecule has 4 aromatic carbocycles. The van der Waals surface area contributed by atoms with Crippen LogP contribution < -0.4 is 5.32 Å². The van der Waals surface area contributed by atoms with E-state index in [1.165, 1.54) is 0 Å². The zero-order chi connectivity index (χ0) is 31.8. The molecule has 226 valence electrons. The molecule has 0 aliphatic rings. The van der Waals surface area contributed by atoms with E-state index in [-0.39, 0.29) is 17.9 Å². The lowest BCUT2D eigenvalue weighted by Gasteiger charge is -2.20. The summed E-state index contributed by atoms with van der Waals surface area (Å²) in [4.78, 5) is 26.1. The number of halogens is 2. The molecule has 0 aliphatic heterocycles. The third-order valence-corrected chi connectivity index (χ3v) is 8.39. The van der Waals surface area contributed by atoms with Crippen molar-refractivity contribution in [2.45, 2.75) is 59.7 Å². The number of nitrogens with one attached hydrogen (secondary N) is 1. The molecule has 0 fully saturated rings. The molecule has 5 rings (SSSR count). The molecule has 44 heavy (non-hydrogen) atoms. The van der Waals surface area contributed by atoms with Gasteiger partial charge < -0.3 is 14.6 Å². The van der Waals surface area contributed by atoms with Crippen molar-refractivity contribution >= 4 is 46.0 Å². The first-order chi connectivity index (χ1) is 20.8. The van der Waals surface area contributed by atoms with Crippen LogP contribution >= 0.6 is 23.2 Å². The molecule has 0 radical (unpaired) electrons. The van der Waals surface area contributed by atoms with Crippen molar-refractivity contribution in [3.05, 3.63) is 128 Å². The average molecular weight is 628 g/mol. The second-order valence-electron chi connectivity index (χ2n) is 12.1. The smallest absolute Gasteiger partial charge is 0.339 e. The first-order valence-electron chi connectivity index (χ1n) is 14.6. The summed E-state index contributed by atoms with van der Waals surface area (Å²) in [5, 5.41) is 5.17. The Labute approximate surface area is 268 Å². The van der Waals surface area contributed by atoms with E-state index in [1.54, 1.807) is 18.2 Å². The first kappa shape index (κ1) is 31.4. The number of hydrogen-bond donors (Lipinski definition) is 1. The highest BCUT2D eigenvalue weighted by atomic mass is 35.5. The van der Waals surface area contributed by atoms with E-state index in [0.717, 1.165) is 44.4 Å². The van der Waals surface area contributed by atoms with Gasteiger partial charge in [0.25, 0.3) is 5.91 Å². The van der Waals surface area contributed by atoms with E-state index >= 15 is 0 Å². The van der Waals surface area contributed by atoms with Crippen molar-refractivity contribution in [1.29, 1.82) is 0 Å². The number of carbonyl (C=O) groups is 2. The van der Waals surface area contributed by atoms with Crippen LogP contribution in [0.5, 0.6) is 0 Å². The molecule has 7 heteroatoms. The number of esters is 1. The SMILES string of the molecule is Cc1c(C)n(Cc2ccc(-c3ccccc3C(=O)OC(C)(C)C)cc2)c2ccc(C(=O)NC(C)c3ccc(Cl)cc3Cl)cc12. The van der Waals surface area contributed by atoms with E-state index in [4.69, 9.17) is 27.9 Å². The fraction of sp³-hybridized carbons (Fsp3) is 0.243. The number of aromatic nitrogens is 1. The maximum Gasteiger partial charge on any atom is 0.339 e. The molecule has 1 amide bonds. The molecule has 0 saturated heterocycles. The number of rotatable bonds is 7. The van der Waals surface area contributed by atoms with Crippen molar-refractivity contribution in [1.82, 2.24) is 9.88 Å². The molecule has 0 saturated carbocycles. The standard InChI is InChI=1S/C37H36Cl2N2O3/c1-22-24(3)41(21-25-11-13-26(14-12-25)30-9-7-8-10-31(30)36(43)44-37(4,5)6)34-18-15-27(19-32(22)34)35(42)40-23(2)29-17-16-28(38)20-33(29)39/h7-20,23H,21H2,1-6H3,(H,40,42). The van der Waals surface area contributed by atoms with Gasteiger partial charge in [-0.1, -0.05) is 71.7 Å². The van der Waals surface area contributed by atoms with Crippen molar-refractivity contribution < 1.29 is 14.3 Å². The molecule has 1 heterocycles. The normalized spacial score (nSPS) is 12.3. The number of fused-ring (bicyclic) bond motifs is 1. The van der Waals surface area contributed by atoms with Gasteiger partial charge in [-0.15, -0.1) is 0 Å². The summed E-state index contributed by atoms with van der Waals surface area (Å²) in [5.41, 5.74) is 7.61. The van der Waals surface area contributed by atoms with Crippen LogP contribution in [0.15, 0.2) is 84.9 Å². The Morgan fingerprint density at radius 3 is 2.30 bits per heavy atom. The Hall–Kier alpha value is -4.06. The van der Waals surface area contributed by atoms with Gasteiger partial charge in [-0.3, -0.25) is 4.79 Å². The Morgan fingerprint density at radius 2 is 1.61 bits per heavy atom. The largest absolute Gasteiger partial charge is 0.456 e. The van der Waals surface area contributed by atoms with Crippen LogP contribution in [0.4, 0.5) is 0 Å². The lowest BCUT2D eigenvalue weighted by molar-refractivity contribution is 0.00703. The average Bonchev–Trinajstić information content (AvgIpc) is 3.20. The number of carbonyl (C=O) groups excluding carboxylic acids is 2. The number of ether oxygens (including phenoxy) is 1. The minimum absolute atomic E-state index is 0.169. The van der Waals surface area contributed by atoms with Gasteiger partial charge in [-0.05, 0) is 106 Å². The predicted molar refractivity (Wildman–Crippen MR) is 180 cm³/mol. The van der Waals surface area contributed by atoms with Crippen LogP contribution in [-0.2, 0) is 11.3 Å². The molecule has 0 bridgehead atoms. The van der Waals surface area contributed by atoms with Gasteiger partial charge >= 0.3 is 5.97 Å². The summed E-state index contributed by atoms with van der Waals surface area (Å²) in [7, 11) is 0. The van der Waals surface area contributed by atoms with Crippen LogP contribution in [0, 0.1) is 13.8 Å². The molecule has 5 nitrogen and oxygen atoms in total. The van der Waals surface area contributed by atoms with Crippen molar-refractivity contribution in [2.75, 3.05) is 0 Å². The number of amides is 1. The Kier molecular flexibility index (Phi) is 8.92. The first-order valence-corrected chi connectivity index (χ1v) is 15.3. The zero-order valence-corrected chi connectivity index (χ0v) is 27.3. The fourth-order valence-corrected chi connectivity index (χ4v) is 6.00. The van der Waals surface area contributed by atoms with Crippen molar-refractivity contribution in [3.8, 4) is 11.1 Å². The van der Waals surface area contributed by atoms with Gasteiger partial charge in [-0.2, -0.15) is 0 Å². The molecule has 0 spiro atoms. The van der Waals surface area contributed by atoms with Crippen LogP contribution in [0.2, 0.25) is 10.0 Å². The van der Waals surface area contributed by atoms with Crippen LogP contribution in [0.25, 0.3) is 22.0 Å². The summed E-state index contributed by atoms with van der Waals surface area (Å²) in [5.74, 6) is -0.504. The highest BCUT2D eigenvalue weighted by Crippen LogP contribution is 2.30. The number of benzene rings is 4. The highest BCUT2D eigenvalue weighted by Gasteiger charge is 2.21. The molecule has 5 aromatic rings. The van der Waals surface area contributed by atoms with Gasteiger partial charge in [0.1, 0.15) is 5.60 Å². The number of hydrogen-bond acceptors (Lipinski definition) is 3. The molecular weight excluding hydrogens is 591 g/mol. The van der Waals surface area contributed by atoms with E-state index in [0.29, 0.717) is 27.7 Å². The molecule has 0 aliphatic carbocycles. The minimum atomic E-state index is -0.571. The van der Waals surface area contributed by atoms with E-state index in [2.05, 4.69) is 35.9 Å². The Balaban J connectivity index is 1.37. The van der Waals surface area contributed by atoms with Gasteiger partial charge in [0.2, 0.25) is 0 Å². The van der Waals surface area contributed by atoms with Gasteiger partial charge in [-0.25, -0.2) is 4.79 Å². The summed E-state index contributed by atoms with van der Waals surface area (Å²) >= 11 is 12.4. The van der Waals surface area contributed by atoms with Crippen LogP contribution in [0.3, 0.4) is 0 Å². The highest BCUT2D eigenvalue weighted by molar-refractivity contribution is 6.35. The second-order valence-corrected chi connectivity index (χ2v) is 13.0. The van der Waals surface area contributed by atoms with Gasteiger partial charge in [0.05, 0.1) is 11.6 Å². The lowest BCUT2D eigenvalue weighted by Crippen LogP contribution is -2.26. The monoisotopic (exact) mass is 626 g/mol. The third-order valence-electron chi connectivity index (χ3n) is 7.83. The molecule has 1 aromatic heterocycles. The van der Waals surface area contributed by atoms with Crippen molar-refractivity contribution in [2.24, 2.45) is 0 Å². The maximum atomic E-state index is 13.2. The Morgan fingerprint density at radius 1 is 0.909 bits per heavy atom. The van der Waals surface area contributed by atoms with E-state index < -0.39 is 5.60 Å². The quantitative estimate of drug-likeness (QED) is 0.183. The summed E-state index contributed by atoms with van der Waals surface area (Å²) in [6.07, 6.45) is 0. The van der Waals surface area contributed by atoms with E-state index in [9.17, 15) is 9.59 Å². The maximum absolute atomic E-state index is 13.2. The molecular formula is C37H36Cl2N2O3. The minimum Gasteiger partial charge on any atom is -0.456 e.